The van der Waals surface area contributed by atoms with Gasteiger partial charge in [-0.2, -0.15) is 0 Å². The molecule has 0 aliphatic rings. The third-order valence-corrected chi connectivity index (χ3v) is 1.23. The van der Waals surface area contributed by atoms with E-state index in [-0.39, 0.29) is 11.7 Å². The van der Waals surface area contributed by atoms with Crippen molar-refractivity contribution in [1.29, 1.82) is 0 Å². The normalized spacial score (nSPS) is 14.1. The highest BCUT2D eigenvalue weighted by Crippen LogP contribution is 2.07. The van der Waals surface area contributed by atoms with E-state index in [2.05, 4.69) is 6.58 Å². The fraction of sp³-hybridized carbons (Fsp3) is 0.818. The first-order chi connectivity index (χ1) is 6.31. The van der Waals surface area contributed by atoms with Gasteiger partial charge in [0.25, 0.3) is 0 Å². The average molecular weight is 202 g/mol. The van der Waals surface area contributed by atoms with Crippen LogP contribution in [-0.2, 0) is 14.5 Å². The summed E-state index contributed by atoms with van der Waals surface area (Å²) in [6.07, 6.45) is 0.0223. The smallest absolute Gasteiger partial charge is 0.108 e. The molecule has 3 heteroatoms. The van der Waals surface area contributed by atoms with E-state index in [0.29, 0.717) is 13.2 Å². The number of hydrogen-bond donors (Lipinski definition) is 0. The highest BCUT2D eigenvalue weighted by molar-refractivity contribution is 4.87. The van der Waals surface area contributed by atoms with Gasteiger partial charge in [-0.1, -0.05) is 12.2 Å². The van der Waals surface area contributed by atoms with Crippen LogP contribution in [0.2, 0.25) is 0 Å². The summed E-state index contributed by atoms with van der Waals surface area (Å²) in [5.41, 5.74) is 0.738. The first kappa shape index (κ1) is 13.6. The summed E-state index contributed by atoms with van der Waals surface area (Å²) in [6, 6.07) is 0. The molecule has 0 spiro atoms. The van der Waals surface area contributed by atoms with Gasteiger partial charge in [0.2, 0.25) is 0 Å². The zero-order valence-electron chi connectivity index (χ0n) is 9.92. The van der Waals surface area contributed by atoms with E-state index in [9.17, 15) is 0 Å². The molecular formula is C11H22O3. The molecule has 14 heavy (non-hydrogen) atoms. The van der Waals surface area contributed by atoms with Crippen LogP contribution < -0.4 is 0 Å². The lowest BCUT2D eigenvalue weighted by atomic mass is 10.2. The molecule has 0 N–H and O–H groups in total. The van der Waals surface area contributed by atoms with E-state index in [4.69, 9.17) is 14.5 Å². The van der Waals surface area contributed by atoms with E-state index >= 15 is 0 Å². The zero-order valence-corrected chi connectivity index (χ0v) is 9.92. The Balaban J connectivity index is 3.45. The van der Waals surface area contributed by atoms with Gasteiger partial charge in [-0.05, 0) is 34.6 Å². The van der Waals surface area contributed by atoms with Crippen molar-refractivity contribution in [2.45, 2.75) is 46.3 Å². The highest BCUT2D eigenvalue weighted by Gasteiger charge is 2.12. The highest BCUT2D eigenvalue weighted by atomic mass is 17.2. The molecule has 0 bridgehead atoms. The molecule has 0 aliphatic carbocycles. The van der Waals surface area contributed by atoms with Crippen LogP contribution in [-0.4, -0.2) is 24.9 Å². The van der Waals surface area contributed by atoms with E-state index in [1.54, 1.807) is 0 Å². The molecule has 0 heterocycles. The Morgan fingerprint density at radius 1 is 1.36 bits per heavy atom. The van der Waals surface area contributed by atoms with Crippen molar-refractivity contribution in [3.8, 4) is 0 Å². The second-order valence-corrected chi connectivity index (χ2v) is 4.56. The Morgan fingerprint density at radius 2 is 1.93 bits per heavy atom. The Bertz CT molecular complexity index is 170. The first-order valence-corrected chi connectivity index (χ1v) is 4.88. The molecule has 0 aromatic heterocycles. The fourth-order valence-corrected chi connectivity index (χ4v) is 0.639. The third kappa shape index (κ3) is 9.71. The van der Waals surface area contributed by atoms with Crippen LogP contribution in [0.4, 0.5) is 0 Å². The molecule has 0 fully saturated rings. The Kier molecular flexibility index (Phi) is 6.00. The van der Waals surface area contributed by atoms with Crippen LogP contribution in [0.5, 0.6) is 0 Å². The van der Waals surface area contributed by atoms with Crippen molar-refractivity contribution in [1.82, 2.24) is 0 Å². The summed E-state index contributed by atoms with van der Waals surface area (Å²) in [6.45, 7) is 14.4. The van der Waals surface area contributed by atoms with Gasteiger partial charge in [0.15, 0.2) is 0 Å². The van der Waals surface area contributed by atoms with Gasteiger partial charge in [-0.15, -0.1) is 0 Å². The fourth-order valence-electron chi connectivity index (χ4n) is 0.639. The summed E-state index contributed by atoms with van der Waals surface area (Å²) >= 11 is 0. The summed E-state index contributed by atoms with van der Waals surface area (Å²) in [7, 11) is 0. The van der Waals surface area contributed by atoms with Gasteiger partial charge in [-0.3, -0.25) is 0 Å². The van der Waals surface area contributed by atoms with Crippen LogP contribution in [0, 0.1) is 0 Å². The van der Waals surface area contributed by atoms with Gasteiger partial charge in [0.1, 0.15) is 6.61 Å². The van der Waals surface area contributed by atoms with E-state index in [1.165, 1.54) is 0 Å². The molecule has 0 rings (SSSR count). The first-order valence-electron chi connectivity index (χ1n) is 4.88. The van der Waals surface area contributed by atoms with Crippen LogP contribution >= 0.6 is 0 Å². The molecule has 0 saturated carbocycles. The van der Waals surface area contributed by atoms with Gasteiger partial charge in [-0.25, -0.2) is 9.78 Å². The Morgan fingerprint density at radius 3 is 2.36 bits per heavy atom. The van der Waals surface area contributed by atoms with Crippen molar-refractivity contribution in [2.75, 3.05) is 13.2 Å². The predicted octanol–water partition coefficient (Wildman–Crippen LogP) is 2.71. The number of hydrogen-bond acceptors (Lipinski definition) is 3. The standard InChI is InChI=1S/C11H22O3/c1-9(2)7-12-10(3)8-13-14-11(4,5)6/h10H,1,7-8H2,2-6H3. The minimum absolute atomic E-state index is 0.0223. The predicted molar refractivity (Wildman–Crippen MR) is 57.0 cm³/mol. The summed E-state index contributed by atoms with van der Waals surface area (Å²) in [5.74, 6) is 0. The quantitative estimate of drug-likeness (QED) is 0.376. The van der Waals surface area contributed by atoms with Gasteiger partial charge in [0.05, 0.1) is 18.3 Å². The SMILES string of the molecule is C=C(C)COC(C)COOC(C)(C)C. The lowest BCUT2D eigenvalue weighted by molar-refractivity contribution is -0.356. The molecule has 0 amide bonds. The van der Waals surface area contributed by atoms with Gasteiger partial charge < -0.3 is 4.74 Å². The minimum Gasteiger partial charge on any atom is -0.372 e. The van der Waals surface area contributed by atoms with Crippen LogP contribution in [0.3, 0.4) is 0 Å². The molecule has 0 aliphatic heterocycles. The van der Waals surface area contributed by atoms with E-state index < -0.39 is 0 Å². The molecule has 1 atom stereocenters. The lowest BCUT2D eigenvalue weighted by Gasteiger charge is -2.19. The lowest BCUT2D eigenvalue weighted by Crippen LogP contribution is -2.24. The monoisotopic (exact) mass is 202 g/mol. The largest absolute Gasteiger partial charge is 0.372 e. The van der Waals surface area contributed by atoms with Crippen molar-refractivity contribution < 1.29 is 14.5 Å². The number of rotatable bonds is 6. The Hall–Kier alpha value is -0.380. The molecule has 0 aromatic carbocycles. The molecule has 0 radical (unpaired) electrons. The maximum absolute atomic E-state index is 5.41. The summed E-state index contributed by atoms with van der Waals surface area (Å²) < 4.78 is 5.41. The summed E-state index contributed by atoms with van der Waals surface area (Å²) in [4.78, 5) is 10.1. The molecule has 0 saturated heterocycles. The molecule has 84 valence electrons. The topological polar surface area (TPSA) is 27.7 Å². The van der Waals surface area contributed by atoms with Crippen LogP contribution in [0.1, 0.15) is 34.6 Å². The maximum Gasteiger partial charge on any atom is 0.108 e. The molecule has 0 aromatic rings. The Labute approximate surface area is 87.0 Å². The van der Waals surface area contributed by atoms with Crippen LogP contribution in [0.15, 0.2) is 12.2 Å². The molecule has 1 unspecified atom stereocenters. The van der Waals surface area contributed by atoms with Gasteiger partial charge >= 0.3 is 0 Å². The third-order valence-electron chi connectivity index (χ3n) is 1.23. The summed E-state index contributed by atoms with van der Waals surface area (Å²) in [5, 5.41) is 0. The molecule has 3 nitrogen and oxygen atoms in total. The number of ether oxygens (including phenoxy) is 1. The second-order valence-electron chi connectivity index (χ2n) is 4.56. The average Bonchev–Trinajstić information content (AvgIpc) is 1.98. The van der Waals surface area contributed by atoms with Crippen molar-refractivity contribution in [3.63, 3.8) is 0 Å². The maximum atomic E-state index is 5.41. The van der Waals surface area contributed by atoms with Crippen molar-refractivity contribution in [2.24, 2.45) is 0 Å². The second kappa shape index (κ2) is 6.17. The molecular weight excluding hydrogens is 180 g/mol. The van der Waals surface area contributed by atoms with Gasteiger partial charge in [0, 0.05) is 0 Å². The minimum atomic E-state index is -0.270. The van der Waals surface area contributed by atoms with E-state index in [0.717, 1.165) is 5.57 Å². The van der Waals surface area contributed by atoms with Crippen LogP contribution in [0.25, 0.3) is 0 Å². The van der Waals surface area contributed by atoms with Crippen molar-refractivity contribution in [3.05, 3.63) is 12.2 Å². The van der Waals surface area contributed by atoms with E-state index in [1.807, 2.05) is 34.6 Å². The zero-order chi connectivity index (χ0) is 11.2. The van der Waals surface area contributed by atoms with Crippen molar-refractivity contribution >= 4 is 0 Å².